The molecule has 1 aromatic carbocycles. The smallest absolute Gasteiger partial charge is 0.170 e. The van der Waals surface area contributed by atoms with Crippen molar-refractivity contribution < 1.29 is 0 Å². The van der Waals surface area contributed by atoms with Gasteiger partial charge in [-0.05, 0) is 50.0 Å². The minimum Gasteiger partial charge on any atom is -0.362 e. The van der Waals surface area contributed by atoms with Crippen molar-refractivity contribution in [3.63, 3.8) is 0 Å². The van der Waals surface area contributed by atoms with Crippen LogP contribution in [0.2, 0.25) is 0 Å². The topological polar surface area (TPSA) is 41.9 Å². The quantitative estimate of drug-likeness (QED) is 0.818. The van der Waals surface area contributed by atoms with Crippen LogP contribution in [0.15, 0.2) is 24.3 Å². The molecule has 0 aliphatic carbocycles. The number of anilines is 1. The third-order valence-corrected chi connectivity index (χ3v) is 4.12. The normalized spacial score (nSPS) is 10.9. The van der Waals surface area contributed by atoms with Gasteiger partial charge in [-0.3, -0.25) is 4.68 Å². The fourth-order valence-electron chi connectivity index (χ4n) is 2.44. The number of aryl methyl sites for hydroxylation is 2. The molecule has 0 unspecified atom stereocenters. The van der Waals surface area contributed by atoms with Crippen LogP contribution in [0, 0.1) is 26.7 Å². The van der Waals surface area contributed by atoms with Crippen LogP contribution in [0.4, 0.5) is 5.69 Å². The van der Waals surface area contributed by atoms with Crippen molar-refractivity contribution in [1.29, 1.82) is 0 Å². The van der Waals surface area contributed by atoms with Crippen molar-refractivity contribution in [1.82, 2.24) is 15.1 Å². The van der Waals surface area contributed by atoms with Crippen LogP contribution in [0.3, 0.4) is 0 Å². The SMILES string of the molecule is Cc1ccccc1Cn1nc(C)c(NC(=S)NCC(C)C)c1C. The molecule has 2 rings (SSSR count). The average Bonchev–Trinajstić information content (AvgIpc) is 2.75. The lowest BCUT2D eigenvalue weighted by atomic mass is 10.1. The Morgan fingerprint density at radius 3 is 2.57 bits per heavy atom. The maximum Gasteiger partial charge on any atom is 0.170 e. The summed E-state index contributed by atoms with van der Waals surface area (Å²) in [4.78, 5) is 0. The zero-order valence-corrected chi connectivity index (χ0v) is 15.4. The summed E-state index contributed by atoms with van der Waals surface area (Å²) >= 11 is 5.37. The number of hydrogen-bond acceptors (Lipinski definition) is 2. The second-order valence-electron chi connectivity index (χ2n) is 6.36. The molecule has 0 saturated heterocycles. The third kappa shape index (κ3) is 4.55. The van der Waals surface area contributed by atoms with Crippen LogP contribution in [-0.4, -0.2) is 21.4 Å². The largest absolute Gasteiger partial charge is 0.362 e. The van der Waals surface area contributed by atoms with E-state index >= 15 is 0 Å². The van der Waals surface area contributed by atoms with Crippen molar-refractivity contribution in [3.05, 3.63) is 46.8 Å². The Hall–Kier alpha value is -1.88. The Kier molecular flexibility index (Phi) is 5.77. The summed E-state index contributed by atoms with van der Waals surface area (Å²) in [6, 6.07) is 8.41. The van der Waals surface area contributed by atoms with E-state index in [0.29, 0.717) is 11.0 Å². The van der Waals surface area contributed by atoms with Crippen LogP contribution in [-0.2, 0) is 6.54 Å². The lowest BCUT2D eigenvalue weighted by molar-refractivity contribution is 0.627. The van der Waals surface area contributed by atoms with E-state index in [1.54, 1.807) is 0 Å². The van der Waals surface area contributed by atoms with Crippen LogP contribution in [0.5, 0.6) is 0 Å². The highest BCUT2D eigenvalue weighted by atomic mass is 32.1. The van der Waals surface area contributed by atoms with Gasteiger partial charge in [-0.2, -0.15) is 5.10 Å². The molecule has 0 saturated carbocycles. The van der Waals surface area contributed by atoms with Crippen molar-refractivity contribution in [2.24, 2.45) is 5.92 Å². The molecule has 2 aromatic rings. The Morgan fingerprint density at radius 2 is 1.91 bits per heavy atom. The second-order valence-corrected chi connectivity index (χ2v) is 6.77. The Morgan fingerprint density at radius 1 is 1.22 bits per heavy atom. The van der Waals surface area contributed by atoms with Gasteiger partial charge >= 0.3 is 0 Å². The van der Waals surface area contributed by atoms with E-state index in [9.17, 15) is 0 Å². The molecular formula is C18H26N4S. The van der Waals surface area contributed by atoms with Gasteiger partial charge in [-0.25, -0.2) is 0 Å². The van der Waals surface area contributed by atoms with Gasteiger partial charge < -0.3 is 10.6 Å². The van der Waals surface area contributed by atoms with E-state index in [4.69, 9.17) is 12.2 Å². The lowest BCUT2D eigenvalue weighted by Crippen LogP contribution is -2.31. The first-order chi connectivity index (χ1) is 10.9. The monoisotopic (exact) mass is 330 g/mol. The Balaban J connectivity index is 2.13. The van der Waals surface area contributed by atoms with Crippen LogP contribution in [0.25, 0.3) is 0 Å². The predicted molar refractivity (Wildman–Crippen MR) is 101 cm³/mol. The molecule has 0 atom stereocenters. The van der Waals surface area contributed by atoms with E-state index in [0.717, 1.165) is 30.2 Å². The molecule has 0 bridgehead atoms. The molecule has 0 spiro atoms. The summed E-state index contributed by atoms with van der Waals surface area (Å²) < 4.78 is 2.03. The Bertz CT molecular complexity index is 688. The molecule has 0 aliphatic heterocycles. The molecule has 124 valence electrons. The molecule has 4 nitrogen and oxygen atoms in total. The van der Waals surface area contributed by atoms with Crippen molar-refractivity contribution >= 4 is 23.0 Å². The highest BCUT2D eigenvalue weighted by molar-refractivity contribution is 7.80. The number of thiocarbonyl (C=S) groups is 1. The molecule has 0 aliphatic rings. The highest BCUT2D eigenvalue weighted by Gasteiger charge is 2.13. The summed E-state index contributed by atoms with van der Waals surface area (Å²) in [5.74, 6) is 0.556. The van der Waals surface area contributed by atoms with E-state index < -0.39 is 0 Å². The standard InChI is InChI=1S/C18H26N4S/c1-12(2)10-19-18(23)20-17-14(4)21-22(15(17)5)11-16-9-7-6-8-13(16)3/h6-9,12H,10-11H2,1-5H3,(H2,19,20,23). The highest BCUT2D eigenvalue weighted by Crippen LogP contribution is 2.21. The maximum atomic E-state index is 5.37. The second kappa shape index (κ2) is 7.59. The van der Waals surface area contributed by atoms with Gasteiger partial charge in [0.2, 0.25) is 0 Å². The molecule has 0 fully saturated rings. The first kappa shape index (κ1) is 17.5. The fraction of sp³-hybridized carbons (Fsp3) is 0.444. The summed E-state index contributed by atoms with van der Waals surface area (Å²) in [5.41, 5.74) is 5.62. The van der Waals surface area contributed by atoms with E-state index in [-0.39, 0.29) is 0 Å². The van der Waals surface area contributed by atoms with E-state index in [2.05, 4.69) is 67.7 Å². The van der Waals surface area contributed by atoms with Crippen LogP contribution < -0.4 is 10.6 Å². The lowest BCUT2D eigenvalue weighted by Gasteiger charge is -2.13. The maximum absolute atomic E-state index is 5.37. The number of hydrogen-bond donors (Lipinski definition) is 2. The van der Waals surface area contributed by atoms with Gasteiger partial charge in [0.15, 0.2) is 5.11 Å². The predicted octanol–water partition coefficient (Wildman–Crippen LogP) is 3.80. The molecular weight excluding hydrogens is 304 g/mol. The zero-order valence-electron chi connectivity index (χ0n) is 14.6. The summed E-state index contributed by atoms with van der Waals surface area (Å²) in [6.07, 6.45) is 0. The molecule has 1 aromatic heterocycles. The molecule has 2 N–H and O–H groups in total. The van der Waals surface area contributed by atoms with E-state index in [1.165, 1.54) is 11.1 Å². The number of nitrogens with one attached hydrogen (secondary N) is 2. The van der Waals surface area contributed by atoms with Crippen molar-refractivity contribution in [3.8, 4) is 0 Å². The molecule has 5 heteroatoms. The van der Waals surface area contributed by atoms with Crippen LogP contribution in [0.1, 0.15) is 36.4 Å². The summed E-state index contributed by atoms with van der Waals surface area (Å²) in [6.45, 7) is 12.2. The number of rotatable bonds is 5. The van der Waals surface area contributed by atoms with E-state index in [1.807, 2.05) is 11.6 Å². The third-order valence-electron chi connectivity index (χ3n) is 3.87. The van der Waals surface area contributed by atoms with Gasteiger partial charge in [0.25, 0.3) is 0 Å². The minimum absolute atomic E-state index is 0.556. The van der Waals surface area contributed by atoms with Crippen LogP contribution >= 0.6 is 12.2 Å². The van der Waals surface area contributed by atoms with Crippen molar-refractivity contribution in [2.75, 3.05) is 11.9 Å². The molecule has 0 radical (unpaired) electrons. The summed E-state index contributed by atoms with van der Waals surface area (Å²) in [5, 5.41) is 11.8. The fourth-order valence-corrected chi connectivity index (χ4v) is 2.62. The molecule has 1 heterocycles. The first-order valence-corrected chi connectivity index (χ1v) is 8.42. The first-order valence-electron chi connectivity index (χ1n) is 8.01. The van der Waals surface area contributed by atoms with Gasteiger partial charge in [0.1, 0.15) is 0 Å². The van der Waals surface area contributed by atoms with Crippen molar-refractivity contribution in [2.45, 2.75) is 41.2 Å². The number of aromatic nitrogens is 2. The van der Waals surface area contributed by atoms with Gasteiger partial charge in [0, 0.05) is 6.54 Å². The zero-order chi connectivity index (χ0) is 17.0. The van der Waals surface area contributed by atoms with Gasteiger partial charge in [-0.1, -0.05) is 38.1 Å². The summed E-state index contributed by atoms with van der Waals surface area (Å²) in [7, 11) is 0. The number of benzene rings is 1. The van der Waals surface area contributed by atoms with Gasteiger partial charge in [-0.15, -0.1) is 0 Å². The molecule has 23 heavy (non-hydrogen) atoms. The van der Waals surface area contributed by atoms with Gasteiger partial charge in [0.05, 0.1) is 23.6 Å². The minimum atomic E-state index is 0.556. The molecule has 0 amide bonds. The number of nitrogens with zero attached hydrogens (tertiary/aromatic N) is 2. The Labute approximate surface area is 144 Å². The average molecular weight is 331 g/mol.